The summed E-state index contributed by atoms with van der Waals surface area (Å²) in [6.45, 7) is 14.5. The largest absolute Gasteiger partial charge is 0.497 e. The van der Waals surface area contributed by atoms with Crippen LogP contribution in [0.1, 0.15) is 78.7 Å². The van der Waals surface area contributed by atoms with Crippen LogP contribution >= 0.6 is 8.38 Å². The summed E-state index contributed by atoms with van der Waals surface area (Å²) < 4.78 is 55.9. The molecule has 394 valence electrons. The molecule has 1 amide bonds. The van der Waals surface area contributed by atoms with Crippen LogP contribution < -0.4 is 26.0 Å². The number of nitrogens with zero attached hydrogens (tertiary/aromatic N) is 5. The number of hydrogen-bond donors (Lipinski definition) is 2. The minimum absolute atomic E-state index is 0.0421. The Kier molecular flexibility index (Phi) is 16.0. The van der Waals surface area contributed by atoms with E-state index in [9.17, 15) is 14.4 Å². The summed E-state index contributed by atoms with van der Waals surface area (Å²) in [5.74, 6) is 1.30. The first-order chi connectivity index (χ1) is 36.0. The molecule has 0 aliphatic carbocycles. The molecule has 0 spiro atoms. The fraction of sp³-hybridized carbons (Fsp3) is 0.382. The van der Waals surface area contributed by atoms with E-state index >= 15 is 0 Å². The van der Waals surface area contributed by atoms with Crippen molar-refractivity contribution >= 4 is 39.6 Å². The molecule has 5 heterocycles. The van der Waals surface area contributed by atoms with Crippen molar-refractivity contribution in [3.8, 4) is 11.5 Å². The van der Waals surface area contributed by atoms with E-state index in [1.165, 1.54) is 17.1 Å². The van der Waals surface area contributed by atoms with Crippen LogP contribution in [0.25, 0.3) is 11.2 Å². The van der Waals surface area contributed by atoms with E-state index < -0.39 is 70.4 Å². The summed E-state index contributed by atoms with van der Waals surface area (Å²) in [4.78, 5) is 54.8. The van der Waals surface area contributed by atoms with Crippen molar-refractivity contribution in [2.45, 2.75) is 101 Å². The molecule has 20 heteroatoms. The second-order valence-corrected chi connectivity index (χ2v) is 26.3. The molecule has 18 nitrogen and oxygen atoms in total. The highest BCUT2D eigenvalue weighted by Crippen LogP contribution is 2.47. The normalized spacial score (nSPS) is 20.5. The zero-order valence-electron chi connectivity index (χ0n) is 43.6. The number of hydrogen-bond acceptors (Lipinski definition) is 14. The molecule has 2 fully saturated rings. The standard InChI is InChI=1S/C55H64N7O11PSi/c1-35-30-61(53(65)60-51(35)63)46-29-43(73-75(8,9)54(2,3)4)45(71-46)32-69-74(7)72-42-28-47(62-34-58-48-49(56-33-57-50(48)62)59-52(64)36-16-12-10-13-17-36)70-44(42)31-68-55(37-18-14-11-15-19-37,38-20-24-40(66-5)25-21-38)39-22-26-41(67-6)27-23-39/h10-27,30,33-34,42-47H,28-29,31-32H2,1-9H3,(H,60,63,65)(H,56,57,59,64)/t42-,43-,44+,45+,46+,47+,74?/m0/s1. The van der Waals surface area contributed by atoms with Crippen molar-refractivity contribution in [2.75, 3.05) is 39.4 Å². The van der Waals surface area contributed by atoms with E-state index in [0.717, 1.165) is 16.7 Å². The topological polar surface area (TPSA) is 201 Å². The predicted octanol–water partition coefficient (Wildman–Crippen LogP) is 9.27. The van der Waals surface area contributed by atoms with E-state index in [1.807, 2.05) is 96.2 Å². The van der Waals surface area contributed by atoms with Crippen LogP contribution in [0.3, 0.4) is 0 Å². The van der Waals surface area contributed by atoms with Crippen LogP contribution in [0.15, 0.2) is 138 Å². The molecule has 7 atom stereocenters. The maximum Gasteiger partial charge on any atom is 0.330 e. The fourth-order valence-corrected chi connectivity index (χ4v) is 11.6. The summed E-state index contributed by atoms with van der Waals surface area (Å²) in [6, 6.07) is 34.5. The van der Waals surface area contributed by atoms with E-state index in [1.54, 1.807) is 51.7 Å². The van der Waals surface area contributed by atoms with Crippen molar-refractivity contribution in [1.29, 1.82) is 0 Å². The van der Waals surface area contributed by atoms with Crippen molar-refractivity contribution in [2.24, 2.45) is 0 Å². The first kappa shape index (κ1) is 53.4. The van der Waals surface area contributed by atoms with Gasteiger partial charge in [0.2, 0.25) is 0 Å². The molecule has 2 saturated heterocycles. The summed E-state index contributed by atoms with van der Waals surface area (Å²) >= 11 is 0. The number of aryl methyl sites for hydroxylation is 1. The lowest BCUT2D eigenvalue weighted by Crippen LogP contribution is -2.46. The number of imidazole rings is 1. The van der Waals surface area contributed by atoms with Crippen LogP contribution in [0.2, 0.25) is 18.1 Å². The number of aromatic amines is 1. The lowest BCUT2D eigenvalue weighted by Gasteiger charge is -2.39. The molecule has 2 aliphatic rings. The highest BCUT2D eigenvalue weighted by Gasteiger charge is 2.47. The number of rotatable bonds is 19. The number of H-pyrrole nitrogens is 1. The quantitative estimate of drug-likeness (QED) is 0.0441. The van der Waals surface area contributed by atoms with Gasteiger partial charge in [0.05, 0.1) is 46.0 Å². The predicted molar refractivity (Wildman–Crippen MR) is 287 cm³/mol. The van der Waals surface area contributed by atoms with Gasteiger partial charge in [-0.3, -0.25) is 23.7 Å². The Morgan fingerprint density at radius 1 is 0.773 bits per heavy atom. The third-order valence-electron chi connectivity index (χ3n) is 14.3. The smallest absolute Gasteiger partial charge is 0.330 e. The fourth-order valence-electron chi connectivity index (χ4n) is 9.24. The van der Waals surface area contributed by atoms with Gasteiger partial charge >= 0.3 is 5.69 Å². The number of aromatic nitrogens is 6. The maximum absolute atomic E-state index is 13.3. The van der Waals surface area contributed by atoms with E-state index in [4.69, 9.17) is 37.2 Å². The summed E-state index contributed by atoms with van der Waals surface area (Å²) in [7, 11) is -0.707. The Labute approximate surface area is 437 Å². The number of carbonyl (C=O) groups is 1. The van der Waals surface area contributed by atoms with E-state index in [-0.39, 0.29) is 30.0 Å². The van der Waals surface area contributed by atoms with Gasteiger partial charge in [0, 0.05) is 36.8 Å². The van der Waals surface area contributed by atoms with E-state index in [2.05, 4.69) is 59.1 Å². The molecule has 75 heavy (non-hydrogen) atoms. The highest BCUT2D eigenvalue weighted by atomic mass is 31.2. The average Bonchev–Trinajstić information content (AvgIpc) is 4.14. The van der Waals surface area contributed by atoms with Crippen LogP contribution in [0.5, 0.6) is 11.5 Å². The van der Waals surface area contributed by atoms with Crippen LogP contribution in [0.4, 0.5) is 5.82 Å². The van der Waals surface area contributed by atoms with E-state index in [0.29, 0.717) is 46.6 Å². The number of fused-ring (bicyclic) bond motifs is 1. The van der Waals surface area contributed by atoms with Gasteiger partial charge in [-0.15, -0.1) is 0 Å². The van der Waals surface area contributed by atoms with Crippen molar-refractivity contribution in [3.63, 3.8) is 0 Å². The maximum atomic E-state index is 13.3. The molecule has 1 unspecified atom stereocenters. The third kappa shape index (κ3) is 11.4. The molecule has 7 aromatic rings. The van der Waals surface area contributed by atoms with Crippen LogP contribution in [0, 0.1) is 6.92 Å². The highest BCUT2D eigenvalue weighted by molar-refractivity contribution is 7.46. The zero-order chi connectivity index (χ0) is 53.1. The minimum atomic E-state index is -2.35. The molecular weight excluding hydrogens is 994 g/mol. The molecule has 0 saturated carbocycles. The summed E-state index contributed by atoms with van der Waals surface area (Å²) in [5, 5.41) is 2.79. The lowest BCUT2D eigenvalue weighted by molar-refractivity contribution is -0.0908. The Hall–Kier alpha value is -6.41. The average molecular weight is 1060 g/mol. The van der Waals surface area contributed by atoms with Gasteiger partial charge in [-0.05, 0) is 78.1 Å². The molecule has 9 rings (SSSR count). The van der Waals surface area contributed by atoms with Gasteiger partial charge in [0.1, 0.15) is 48.1 Å². The number of methoxy groups -OCH3 is 2. The Balaban J connectivity index is 1.03. The van der Waals surface area contributed by atoms with Gasteiger partial charge in [-0.25, -0.2) is 19.7 Å². The third-order valence-corrected chi connectivity index (χ3v) is 19.9. The van der Waals surface area contributed by atoms with Crippen LogP contribution in [-0.2, 0) is 33.3 Å². The number of ether oxygens (including phenoxy) is 5. The SMILES string of the molecule is COc1ccc(C(OC[C@H]2O[C@@H](n3cnc4c(NC(=O)c5ccccc5)ncnc43)C[C@@H]2OP(C)OC[C@H]2O[C@@H](n3cc(C)c(=O)[nH]c3=O)C[C@@H]2O[Si](C)(C)C(C)(C)C)(c2ccccc2)c2ccc(OC)cc2)cc1. The number of amides is 1. The van der Waals surface area contributed by atoms with Crippen LogP contribution in [-0.4, -0.2) is 102 Å². The second-order valence-electron chi connectivity index (χ2n) is 20.2. The van der Waals surface area contributed by atoms with Gasteiger partial charge in [0.15, 0.2) is 33.7 Å². The summed E-state index contributed by atoms with van der Waals surface area (Å²) in [5.41, 5.74) is 2.08. The molecule has 0 bridgehead atoms. The molecule has 4 aromatic carbocycles. The Morgan fingerprint density at radius 3 is 1.96 bits per heavy atom. The number of benzene rings is 4. The van der Waals surface area contributed by atoms with Gasteiger partial charge in [-0.2, -0.15) is 0 Å². The Morgan fingerprint density at radius 2 is 1.35 bits per heavy atom. The van der Waals surface area contributed by atoms with Gasteiger partial charge in [-0.1, -0.05) is 93.6 Å². The molecule has 0 radical (unpaired) electrons. The number of anilines is 1. The lowest BCUT2D eigenvalue weighted by atomic mass is 9.80. The first-order valence-corrected chi connectivity index (χ1v) is 29.4. The summed E-state index contributed by atoms with van der Waals surface area (Å²) in [6.07, 6.45) is 1.62. The first-order valence-electron chi connectivity index (χ1n) is 24.8. The zero-order valence-corrected chi connectivity index (χ0v) is 45.5. The number of carbonyl (C=O) groups excluding carboxylic acids is 1. The van der Waals surface area contributed by atoms with Gasteiger partial charge < -0.3 is 42.5 Å². The van der Waals surface area contributed by atoms with Crippen molar-refractivity contribution < 1.29 is 42.0 Å². The molecular formula is C55H64N7O11PSi. The molecule has 2 aliphatic heterocycles. The molecule has 2 N–H and O–H groups in total. The number of nitrogens with one attached hydrogen (secondary N) is 2. The Bertz CT molecular complexity index is 3140. The van der Waals surface area contributed by atoms with Crippen molar-refractivity contribution in [1.82, 2.24) is 29.1 Å². The second kappa shape index (κ2) is 22.4. The molecule has 3 aromatic heterocycles. The van der Waals surface area contributed by atoms with Crippen molar-refractivity contribution in [3.05, 3.63) is 177 Å². The minimum Gasteiger partial charge on any atom is -0.497 e. The van der Waals surface area contributed by atoms with Gasteiger partial charge in [0.25, 0.3) is 11.5 Å². The monoisotopic (exact) mass is 1060 g/mol.